The molecule has 7 nitrogen and oxygen atoms in total. The van der Waals surface area contributed by atoms with Gasteiger partial charge in [0.25, 0.3) is 0 Å². The summed E-state index contributed by atoms with van der Waals surface area (Å²) >= 11 is 0. The van der Waals surface area contributed by atoms with E-state index in [2.05, 4.69) is 21.3 Å². The van der Waals surface area contributed by atoms with Crippen LogP contribution in [0.1, 0.15) is 46.5 Å². The van der Waals surface area contributed by atoms with E-state index < -0.39 is 17.4 Å². The molecule has 0 saturated heterocycles. The van der Waals surface area contributed by atoms with Crippen molar-refractivity contribution in [3.05, 3.63) is 24.3 Å². The van der Waals surface area contributed by atoms with Crippen LogP contribution in [0.5, 0.6) is 0 Å². The molecule has 0 bridgehead atoms. The quantitative estimate of drug-likeness (QED) is 0.649. The molecule has 7 heteroatoms. The number of carbonyl (C=O) groups excluding carboxylic acids is 3. The van der Waals surface area contributed by atoms with Crippen LogP contribution in [0.2, 0.25) is 0 Å². The molecule has 0 atom stereocenters. The molecule has 4 N–H and O–H groups in total. The molecule has 0 heterocycles. The monoisotopic (exact) mass is 360 g/mol. The van der Waals surface area contributed by atoms with Crippen LogP contribution in [0.4, 0.5) is 16.2 Å². The summed E-state index contributed by atoms with van der Waals surface area (Å²) in [6, 6.07) is 6.82. The van der Waals surface area contributed by atoms with Gasteiger partial charge in [-0.25, -0.2) is 4.79 Å². The Labute approximate surface area is 154 Å². The van der Waals surface area contributed by atoms with E-state index in [0.29, 0.717) is 11.4 Å². The van der Waals surface area contributed by atoms with Crippen molar-refractivity contribution in [3.63, 3.8) is 0 Å². The minimum atomic E-state index is -0.490. The van der Waals surface area contributed by atoms with Crippen molar-refractivity contribution in [1.29, 1.82) is 0 Å². The van der Waals surface area contributed by atoms with Gasteiger partial charge in [-0.05, 0) is 31.0 Å². The van der Waals surface area contributed by atoms with E-state index in [0.717, 1.165) is 25.7 Å². The molecule has 1 fully saturated rings. The second-order valence-electron chi connectivity index (χ2n) is 7.64. The third-order valence-corrected chi connectivity index (χ3v) is 4.20. The summed E-state index contributed by atoms with van der Waals surface area (Å²) in [6.45, 7) is 5.48. The van der Waals surface area contributed by atoms with Crippen LogP contribution in [0.3, 0.4) is 0 Å². The Balaban J connectivity index is 1.79. The number of anilines is 2. The van der Waals surface area contributed by atoms with Crippen LogP contribution < -0.4 is 21.3 Å². The Morgan fingerprint density at radius 2 is 1.73 bits per heavy atom. The number of imide groups is 1. The standard InChI is InChI=1S/C19H28N4O3/c1-19(2,3)17(25)21-15-10-6-9-14(11-15)20-12-16(24)23-18(26)22-13-7-4-5-8-13/h6,9-11,13,20H,4-5,7-8,12H2,1-3H3,(H,21,25)(H2,22,23,24,26). The lowest BCUT2D eigenvalue weighted by atomic mass is 9.95. The minimum Gasteiger partial charge on any atom is -0.376 e. The fourth-order valence-corrected chi connectivity index (χ4v) is 2.67. The largest absolute Gasteiger partial charge is 0.376 e. The van der Waals surface area contributed by atoms with E-state index >= 15 is 0 Å². The average Bonchev–Trinajstić information content (AvgIpc) is 3.05. The number of hydrogen-bond donors (Lipinski definition) is 4. The third-order valence-electron chi connectivity index (χ3n) is 4.20. The zero-order valence-corrected chi connectivity index (χ0v) is 15.6. The van der Waals surface area contributed by atoms with Crippen molar-refractivity contribution in [1.82, 2.24) is 10.6 Å². The smallest absolute Gasteiger partial charge is 0.321 e. The zero-order valence-electron chi connectivity index (χ0n) is 15.6. The molecule has 0 aliphatic heterocycles. The Hall–Kier alpha value is -2.57. The molecule has 1 aromatic carbocycles. The van der Waals surface area contributed by atoms with Crippen molar-refractivity contribution >= 4 is 29.2 Å². The number of rotatable bonds is 5. The van der Waals surface area contributed by atoms with Crippen LogP contribution in [-0.2, 0) is 9.59 Å². The van der Waals surface area contributed by atoms with Gasteiger partial charge >= 0.3 is 6.03 Å². The normalized spacial score (nSPS) is 14.6. The predicted octanol–water partition coefficient (Wildman–Crippen LogP) is 2.85. The van der Waals surface area contributed by atoms with Gasteiger partial charge in [0.1, 0.15) is 0 Å². The number of nitrogens with one attached hydrogen (secondary N) is 4. The van der Waals surface area contributed by atoms with E-state index in [-0.39, 0.29) is 18.5 Å². The van der Waals surface area contributed by atoms with E-state index in [1.54, 1.807) is 24.3 Å². The molecule has 0 radical (unpaired) electrons. The molecular formula is C19H28N4O3. The van der Waals surface area contributed by atoms with Crippen molar-refractivity contribution in [2.24, 2.45) is 5.41 Å². The van der Waals surface area contributed by atoms with Gasteiger partial charge in [0.2, 0.25) is 11.8 Å². The first kappa shape index (κ1) is 19.8. The molecule has 4 amide bonds. The molecule has 2 rings (SSSR count). The summed E-state index contributed by atoms with van der Waals surface area (Å²) in [5.41, 5.74) is 0.841. The first-order valence-corrected chi connectivity index (χ1v) is 9.00. The van der Waals surface area contributed by atoms with Gasteiger partial charge in [0, 0.05) is 22.8 Å². The van der Waals surface area contributed by atoms with E-state index in [9.17, 15) is 14.4 Å². The lowest BCUT2D eigenvalue weighted by Gasteiger charge is -2.18. The summed E-state index contributed by atoms with van der Waals surface area (Å²) in [5, 5.41) is 10.9. The molecule has 142 valence electrons. The van der Waals surface area contributed by atoms with Crippen molar-refractivity contribution in [2.45, 2.75) is 52.5 Å². The van der Waals surface area contributed by atoms with Crippen LogP contribution in [-0.4, -0.2) is 30.4 Å². The fraction of sp³-hybridized carbons (Fsp3) is 0.526. The fourth-order valence-electron chi connectivity index (χ4n) is 2.67. The number of urea groups is 1. The van der Waals surface area contributed by atoms with Crippen molar-refractivity contribution < 1.29 is 14.4 Å². The molecule has 1 saturated carbocycles. The van der Waals surface area contributed by atoms with Crippen molar-refractivity contribution in [3.8, 4) is 0 Å². The molecule has 0 aromatic heterocycles. The molecule has 1 aromatic rings. The summed E-state index contributed by atoms with van der Waals surface area (Å²) in [6.07, 6.45) is 4.16. The maximum Gasteiger partial charge on any atom is 0.321 e. The second kappa shape index (κ2) is 8.69. The average molecular weight is 360 g/mol. The van der Waals surface area contributed by atoms with E-state index in [1.165, 1.54) is 0 Å². The number of amides is 4. The van der Waals surface area contributed by atoms with E-state index in [4.69, 9.17) is 0 Å². The first-order chi connectivity index (χ1) is 12.2. The molecule has 1 aliphatic rings. The SMILES string of the molecule is CC(C)(C)C(=O)Nc1cccc(NCC(=O)NC(=O)NC2CCCC2)c1. The maximum absolute atomic E-state index is 12.0. The second-order valence-corrected chi connectivity index (χ2v) is 7.64. The number of carbonyl (C=O) groups is 3. The van der Waals surface area contributed by atoms with Crippen LogP contribution in [0.25, 0.3) is 0 Å². The van der Waals surface area contributed by atoms with Gasteiger partial charge in [-0.15, -0.1) is 0 Å². The Bertz CT molecular complexity index is 661. The lowest BCUT2D eigenvalue weighted by molar-refractivity contribution is -0.123. The lowest BCUT2D eigenvalue weighted by Crippen LogP contribution is -2.45. The van der Waals surface area contributed by atoms with Gasteiger partial charge in [0.05, 0.1) is 6.54 Å². The first-order valence-electron chi connectivity index (χ1n) is 9.00. The van der Waals surface area contributed by atoms with Crippen LogP contribution in [0, 0.1) is 5.41 Å². The topological polar surface area (TPSA) is 99.3 Å². The zero-order chi connectivity index (χ0) is 19.2. The Morgan fingerprint density at radius 3 is 2.38 bits per heavy atom. The van der Waals surface area contributed by atoms with Gasteiger partial charge in [0.15, 0.2) is 0 Å². The molecule has 0 spiro atoms. The Kier molecular flexibility index (Phi) is 6.60. The minimum absolute atomic E-state index is 0.0330. The predicted molar refractivity (Wildman–Crippen MR) is 102 cm³/mol. The van der Waals surface area contributed by atoms with Gasteiger partial charge in [-0.3, -0.25) is 14.9 Å². The highest BCUT2D eigenvalue weighted by molar-refractivity contribution is 5.97. The van der Waals surface area contributed by atoms with Crippen molar-refractivity contribution in [2.75, 3.05) is 17.2 Å². The number of benzene rings is 1. The third kappa shape index (κ3) is 6.38. The maximum atomic E-state index is 12.0. The molecule has 26 heavy (non-hydrogen) atoms. The molecule has 0 unspecified atom stereocenters. The summed E-state index contributed by atoms with van der Waals surface area (Å²) in [5.74, 6) is -0.499. The summed E-state index contributed by atoms with van der Waals surface area (Å²) < 4.78 is 0. The van der Waals surface area contributed by atoms with Crippen LogP contribution >= 0.6 is 0 Å². The highest BCUT2D eigenvalue weighted by Crippen LogP contribution is 2.20. The van der Waals surface area contributed by atoms with Gasteiger partial charge < -0.3 is 16.0 Å². The van der Waals surface area contributed by atoms with Gasteiger partial charge in [-0.2, -0.15) is 0 Å². The Morgan fingerprint density at radius 1 is 1.08 bits per heavy atom. The van der Waals surface area contributed by atoms with E-state index in [1.807, 2.05) is 20.8 Å². The highest BCUT2D eigenvalue weighted by Gasteiger charge is 2.21. The van der Waals surface area contributed by atoms with Crippen LogP contribution in [0.15, 0.2) is 24.3 Å². The van der Waals surface area contributed by atoms with Gasteiger partial charge in [-0.1, -0.05) is 39.7 Å². The summed E-state index contributed by atoms with van der Waals surface area (Å²) in [4.78, 5) is 35.7. The molecule has 1 aliphatic carbocycles. The summed E-state index contributed by atoms with van der Waals surface area (Å²) in [7, 11) is 0. The highest BCUT2D eigenvalue weighted by atomic mass is 16.2. The number of hydrogen-bond acceptors (Lipinski definition) is 4. The molecular weight excluding hydrogens is 332 g/mol.